The maximum atomic E-state index is 5.56. The van der Waals surface area contributed by atoms with E-state index in [0.29, 0.717) is 13.2 Å². The van der Waals surface area contributed by atoms with Crippen molar-refractivity contribution in [1.82, 2.24) is 5.32 Å². The molecule has 4 heteroatoms. The summed E-state index contributed by atoms with van der Waals surface area (Å²) in [5.74, 6) is 2.83. The van der Waals surface area contributed by atoms with Crippen LogP contribution in [0.3, 0.4) is 0 Å². The minimum absolute atomic E-state index is 0.652. The molecule has 0 saturated carbocycles. The molecule has 0 aromatic heterocycles. The van der Waals surface area contributed by atoms with Gasteiger partial charge in [-0.05, 0) is 31.2 Å². The summed E-state index contributed by atoms with van der Waals surface area (Å²) in [6, 6.07) is 6.16. The monoisotopic (exact) mass is 253 g/mol. The van der Waals surface area contributed by atoms with Crippen LogP contribution in [0.25, 0.3) is 0 Å². The second-order valence-electron chi connectivity index (χ2n) is 3.90. The van der Waals surface area contributed by atoms with Crippen molar-refractivity contribution in [3.05, 3.63) is 18.2 Å². The molecule has 3 nitrogen and oxygen atoms in total. The average molecular weight is 253 g/mol. The predicted octanol–water partition coefficient (Wildman–Crippen LogP) is 2.55. The van der Waals surface area contributed by atoms with Crippen molar-refractivity contribution in [1.29, 1.82) is 0 Å². The highest BCUT2D eigenvalue weighted by molar-refractivity contribution is 7.99. The molecule has 0 unspecified atom stereocenters. The molecule has 0 bridgehead atoms. The Morgan fingerprint density at radius 1 is 1.18 bits per heavy atom. The van der Waals surface area contributed by atoms with E-state index >= 15 is 0 Å². The molecule has 1 N–H and O–H groups in total. The molecule has 17 heavy (non-hydrogen) atoms. The number of thioether (sulfide) groups is 1. The van der Waals surface area contributed by atoms with E-state index in [-0.39, 0.29) is 0 Å². The molecule has 94 valence electrons. The highest BCUT2D eigenvalue weighted by Crippen LogP contribution is 2.33. The molecule has 2 rings (SSSR count). The van der Waals surface area contributed by atoms with Gasteiger partial charge in [0.15, 0.2) is 11.5 Å². The molecule has 0 saturated heterocycles. The van der Waals surface area contributed by atoms with Crippen LogP contribution in [0.5, 0.6) is 11.5 Å². The van der Waals surface area contributed by atoms with Gasteiger partial charge in [-0.15, -0.1) is 11.8 Å². The zero-order valence-electron chi connectivity index (χ0n) is 10.2. The lowest BCUT2D eigenvalue weighted by molar-refractivity contribution is 0.171. The first-order chi connectivity index (χ1) is 8.40. The molecule has 1 aliphatic heterocycles. The van der Waals surface area contributed by atoms with Crippen molar-refractivity contribution in [3.63, 3.8) is 0 Å². The lowest BCUT2D eigenvalue weighted by Gasteiger charge is -2.18. The van der Waals surface area contributed by atoms with E-state index < -0.39 is 0 Å². The Bertz CT molecular complexity index is 357. The Morgan fingerprint density at radius 3 is 2.82 bits per heavy atom. The largest absolute Gasteiger partial charge is 0.486 e. The summed E-state index contributed by atoms with van der Waals surface area (Å²) in [6.45, 7) is 5.63. The van der Waals surface area contributed by atoms with E-state index in [9.17, 15) is 0 Å². The number of nitrogens with one attached hydrogen (secondary N) is 1. The third-order valence-electron chi connectivity index (χ3n) is 2.49. The molecular weight excluding hydrogens is 234 g/mol. The molecule has 0 radical (unpaired) electrons. The Morgan fingerprint density at radius 2 is 2.00 bits per heavy atom. The molecule has 0 atom stereocenters. The fourth-order valence-corrected chi connectivity index (χ4v) is 2.49. The first-order valence-corrected chi connectivity index (χ1v) is 7.12. The van der Waals surface area contributed by atoms with Gasteiger partial charge in [0.25, 0.3) is 0 Å². The highest BCUT2D eigenvalue weighted by Gasteiger charge is 2.11. The van der Waals surface area contributed by atoms with Crippen LogP contribution in [-0.2, 0) is 0 Å². The second-order valence-corrected chi connectivity index (χ2v) is 5.07. The third kappa shape index (κ3) is 3.82. The van der Waals surface area contributed by atoms with E-state index in [4.69, 9.17) is 9.47 Å². The second kappa shape index (κ2) is 6.77. The van der Waals surface area contributed by atoms with E-state index in [1.54, 1.807) is 0 Å². The van der Waals surface area contributed by atoms with Crippen molar-refractivity contribution in [3.8, 4) is 11.5 Å². The molecule has 1 aliphatic rings. The van der Waals surface area contributed by atoms with Crippen molar-refractivity contribution in [2.75, 3.05) is 32.1 Å². The van der Waals surface area contributed by atoms with Crippen LogP contribution in [0, 0.1) is 0 Å². The van der Waals surface area contributed by atoms with Gasteiger partial charge in [-0.1, -0.05) is 6.92 Å². The summed E-state index contributed by atoms with van der Waals surface area (Å²) in [6.07, 6.45) is 1.19. The van der Waals surface area contributed by atoms with E-state index in [1.165, 1.54) is 11.3 Å². The molecule has 1 aromatic rings. The van der Waals surface area contributed by atoms with Gasteiger partial charge in [0.1, 0.15) is 13.2 Å². The van der Waals surface area contributed by atoms with Crippen LogP contribution in [0.2, 0.25) is 0 Å². The summed E-state index contributed by atoms with van der Waals surface area (Å²) in [5, 5.41) is 3.39. The standard InChI is InChI=1S/C13H19NO2S/c1-2-5-14-6-9-17-11-3-4-12-13(10-11)16-8-7-15-12/h3-4,10,14H,2,5-9H2,1H3. The average Bonchev–Trinajstić information content (AvgIpc) is 2.38. The van der Waals surface area contributed by atoms with E-state index in [0.717, 1.165) is 30.3 Å². The summed E-state index contributed by atoms with van der Waals surface area (Å²) in [4.78, 5) is 1.24. The summed E-state index contributed by atoms with van der Waals surface area (Å²) in [5.41, 5.74) is 0. The van der Waals surface area contributed by atoms with Gasteiger partial charge in [-0.2, -0.15) is 0 Å². The first-order valence-electron chi connectivity index (χ1n) is 6.13. The van der Waals surface area contributed by atoms with E-state index in [2.05, 4.69) is 24.4 Å². The number of ether oxygens (including phenoxy) is 2. The number of rotatable bonds is 6. The zero-order chi connectivity index (χ0) is 11.9. The maximum Gasteiger partial charge on any atom is 0.162 e. The molecule has 0 aliphatic carbocycles. The topological polar surface area (TPSA) is 30.5 Å². The van der Waals surface area contributed by atoms with Gasteiger partial charge in [-0.25, -0.2) is 0 Å². The first kappa shape index (κ1) is 12.6. The quantitative estimate of drug-likeness (QED) is 0.623. The molecule has 1 heterocycles. The maximum absolute atomic E-state index is 5.56. The smallest absolute Gasteiger partial charge is 0.162 e. The summed E-state index contributed by atoms with van der Waals surface area (Å²) >= 11 is 1.85. The number of hydrogen-bond acceptors (Lipinski definition) is 4. The Balaban J connectivity index is 1.81. The van der Waals surface area contributed by atoms with Gasteiger partial charge in [0.05, 0.1) is 0 Å². The molecule has 1 aromatic carbocycles. The molecule has 0 spiro atoms. The fourth-order valence-electron chi connectivity index (χ4n) is 1.66. The predicted molar refractivity (Wildman–Crippen MR) is 71.3 cm³/mol. The van der Waals surface area contributed by atoms with Gasteiger partial charge in [-0.3, -0.25) is 0 Å². The van der Waals surface area contributed by atoms with Gasteiger partial charge in [0, 0.05) is 17.2 Å². The van der Waals surface area contributed by atoms with E-state index in [1.807, 2.05) is 17.8 Å². The van der Waals surface area contributed by atoms with Crippen LogP contribution in [0.1, 0.15) is 13.3 Å². The fraction of sp³-hybridized carbons (Fsp3) is 0.538. The lowest BCUT2D eigenvalue weighted by atomic mass is 10.3. The van der Waals surface area contributed by atoms with Crippen molar-refractivity contribution in [2.24, 2.45) is 0 Å². The van der Waals surface area contributed by atoms with Crippen LogP contribution in [-0.4, -0.2) is 32.1 Å². The van der Waals surface area contributed by atoms with Crippen LogP contribution < -0.4 is 14.8 Å². The Hall–Kier alpha value is -0.870. The minimum Gasteiger partial charge on any atom is -0.486 e. The Labute approximate surface area is 107 Å². The van der Waals surface area contributed by atoms with Crippen LogP contribution >= 0.6 is 11.8 Å². The molecule has 0 fully saturated rings. The Kier molecular flexibility index (Phi) is 5.01. The lowest BCUT2D eigenvalue weighted by Crippen LogP contribution is -2.17. The number of fused-ring (bicyclic) bond motifs is 1. The van der Waals surface area contributed by atoms with Gasteiger partial charge < -0.3 is 14.8 Å². The normalized spacial score (nSPS) is 13.7. The highest BCUT2D eigenvalue weighted by atomic mass is 32.2. The summed E-state index contributed by atoms with van der Waals surface area (Å²) < 4.78 is 11.0. The van der Waals surface area contributed by atoms with Crippen LogP contribution in [0.15, 0.2) is 23.1 Å². The van der Waals surface area contributed by atoms with Crippen molar-refractivity contribution >= 4 is 11.8 Å². The minimum atomic E-state index is 0.652. The third-order valence-corrected chi connectivity index (χ3v) is 3.48. The van der Waals surface area contributed by atoms with Gasteiger partial charge in [0.2, 0.25) is 0 Å². The van der Waals surface area contributed by atoms with Gasteiger partial charge >= 0.3 is 0 Å². The number of hydrogen-bond donors (Lipinski definition) is 1. The van der Waals surface area contributed by atoms with Crippen molar-refractivity contribution < 1.29 is 9.47 Å². The summed E-state index contributed by atoms with van der Waals surface area (Å²) in [7, 11) is 0. The SMILES string of the molecule is CCCNCCSc1ccc2c(c1)OCCO2. The molecular formula is C13H19NO2S. The van der Waals surface area contributed by atoms with Crippen molar-refractivity contribution in [2.45, 2.75) is 18.2 Å². The molecule has 0 amide bonds. The van der Waals surface area contributed by atoms with Crippen LogP contribution in [0.4, 0.5) is 0 Å². The number of benzene rings is 1. The zero-order valence-corrected chi connectivity index (χ0v) is 11.0.